The number of benzene rings is 2. The van der Waals surface area contributed by atoms with Crippen LogP contribution < -0.4 is 14.4 Å². The number of carboxylic acid groups (broad SMARTS) is 1. The van der Waals surface area contributed by atoms with Crippen LogP contribution in [-0.4, -0.2) is 48.9 Å². The van der Waals surface area contributed by atoms with Crippen molar-refractivity contribution in [3.05, 3.63) is 70.4 Å². The number of hydrogen-bond acceptors (Lipinski definition) is 7. The molecule has 32 heavy (non-hydrogen) atoms. The molecule has 1 aromatic heterocycles. The SMILES string of the molecule is COc1ccc(CCN(C)c2cc(Cl)nc(SCc3cccc(C(=O)O)c3)n2)cc1OC. The fraction of sp³-hybridized carbons (Fsp3) is 0.261. The summed E-state index contributed by atoms with van der Waals surface area (Å²) >= 11 is 7.64. The van der Waals surface area contributed by atoms with Crippen molar-refractivity contribution in [1.82, 2.24) is 9.97 Å². The highest BCUT2D eigenvalue weighted by molar-refractivity contribution is 7.98. The van der Waals surface area contributed by atoms with Crippen molar-refractivity contribution in [3.8, 4) is 11.5 Å². The summed E-state index contributed by atoms with van der Waals surface area (Å²) in [5.41, 5.74) is 2.25. The molecule has 0 saturated carbocycles. The molecule has 0 aliphatic rings. The van der Waals surface area contributed by atoms with Gasteiger partial charge in [0.1, 0.15) is 11.0 Å². The van der Waals surface area contributed by atoms with Gasteiger partial charge in [-0.2, -0.15) is 0 Å². The lowest BCUT2D eigenvalue weighted by Crippen LogP contribution is -2.21. The zero-order valence-electron chi connectivity index (χ0n) is 18.0. The van der Waals surface area contributed by atoms with Crippen LogP contribution in [0.5, 0.6) is 11.5 Å². The summed E-state index contributed by atoms with van der Waals surface area (Å²) in [6.45, 7) is 0.716. The summed E-state index contributed by atoms with van der Waals surface area (Å²) in [6, 6.07) is 14.4. The van der Waals surface area contributed by atoms with Crippen molar-refractivity contribution in [2.24, 2.45) is 0 Å². The molecule has 1 heterocycles. The highest BCUT2D eigenvalue weighted by atomic mass is 35.5. The quantitative estimate of drug-likeness (QED) is 0.255. The standard InChI is InChI=1S/C23H24ClN3O4S/c1-27(10-9-15-7-8-18(30-2)19(12-15)31-3)21-13-20(24)25-23(26-21)32-14-16-5-4-6-17(11-16)22(28)29/h4-8,11-13H,9-10,14H2,1-3H3,(H,28,29). The smallest absolute Gasteiger partial charge is 0.335 e. The van der Waals surface area contributed by atoms with Gasteiger partial charge in [0.15, 0.2) is 16.7 Å². The minimum absolute atomic E-state index is 0.255. The second-order valence-corrected chi connectivity index (χ2v) is 8.32. The molecular weight excluding hydrogens is 450 g/mol. The van der Waals surface area contributed by atoms with E-state index in [0.29, 0.717) is 39.9 Å². The minimum atomic E-state index is -0.950. The Morgan fingerprint density at radius 3 is 2.56 bits per heavy atom. The van der Waals surface area contributed by atoms with E-state index >= 15 is 0 Å². The number of hydrogen-bond donors (Lipinski definition) is 1. The average molecular weight is 474 g/mol. The van der Waals surface area contributed by atoms with Crippen molar-refractivity contribution in [2.75, 3.05) is 32.7 Å². The zero-order valence-corrected chi connectivity index (χ0v) is 19.6. The van der Waals surface area contributed by atoms with Gasteiger partial charge < -0.3 is 19.5 Å². The van der Waals surface area contributed by atoms with Crippen LogP contribution in [0.1, 0.15) is 21.5 Å². The largest absolute Gasteiger partial charge is 0.493 e. The van der Waals surface area contributed by atoms with Crippen molar-refractivity contribution >= 4 is 35.1 Å². The normalized spacial score (nSPS) is 10.6. The number of aromatic nitrogens is 2. The molecule has 7 nitrogen and oxygen atoms in total. The number of carboxylic acids is 1. The Morgan fingerprint density at radius 1 is 1.06 bits per heavy atom. The van der Waals surface area contributed by atoms with E-state index in [4.69, 9.17) is 26.2 Å². The molecule has 0 aliphatic heterocycles. The second-order valence-electron chi connectivity index (χ2n) is 6.99. The maximum absolute atomic E-state index is 11.2. The lowest BCUT2D eigenvalue weighted by molar-refractivity contribution is 0.0696. The van der Waals surface area contributed by atoms with Crippen LogP contribution in [-0.2, 0) is 12.2 Å². The first-order chi connectivity index (χ1) is 15.4. The van der Waals surface area contributed by atoms with E-state index in [2.05, 4.69) is 9.97 Å². The summed E-state index contributed by atoms with van der Waals surface area (Å²) in [7, 11) is 5.18. The Hall–Kier alpha value is -2.97. The lowest BCUT2D eigenvalue weighted by Gasteiger charge is -2.19. The summed E-state index contributed by atoms with van der Waals surface area (Å²) in [4.78, 5) is 22.1. The predicted octanol–water partition coefficient (Wildman–Crippen LogP) is 4.82. The molecule has 0 spiro atoms. The van der Waals surface area contributed by atoms with Gasteiger partial charge in [0, 0.05) is 25.4 Å². The van der Waals surface area contributed by atoms with E-state index in [-0.39, 0.29) is 5.56 Å². The van der Waals surface area contributed by atoms with Gasteiger partial charge in [0.25, 0.3) is 0 Å². The molecule has 0 fully saturated rings. The molecule has 0 unspecified atom stereocenters. The summed E-state index contributed by atoms with van der Waals surface area (Å²) in [5, 5.41) is 10.0. The van der Waals surface area contributed by atoms with Crippen LogP contribution in [0.25, 0.3) is 0 Å². The van der Waals surface area contributed by atoms with Gasteiger partial charge in [-0.05, 0) is 41.8 Å². The summed E-state index contributed by atoms with van der Waals surface area (Å²) in [6.07, 6.45) is 0.781. The minimum Gasteiger partial charge on any atom is -0.493 e. The maximum Gasteiger partial charge on any atom is 0.335 e. The lowest BCUT2D eigenvalue weighted by atomic mass is 10.1. The molecule has 3 rings (SSSR count). The Labute approximate surface area is 196 Å². The molecular formula is C23H24ClN3O4S. The van der Waals surface area contributed by atoms with Gasteiger partial charge >= 0.3 is 5.97 Å². The van der Waals surface area contributed by atoms with Crippen molar-refractivity contribution < 1.29 is 19.4 Å². The summed E-state index contributed by atoms with van der Waals surface area (Å²) < 4.78 is 10.7. The molecule has 3 aromatic rings. The number of carbonyl (C=O) groups is 1. The molecule has 0 saturated heterocycles. The number of likely N-dealkylation sites (N-methyl/N-ethyl adjacent to an activating group) is 1. The van der Waals surface area contributed by atoms with E-state index in [1.807, 2.05) is 36.2 Å². The number of rotatable bonds is 10. The van der Waals surface area contributed by atoms with Crippen molar-refractivity contribution in [3.63, 3.8) is 0 Å². The van der Waals surface area contributed by atoms with Crippen LogP contribution in [0.15, 0.2) is 53.7 Å². The molecule has 0 amide bonds. The van der Waals surface area contributed by atoms with Crippen LogP contribution in [0.4, 0.5) is 5.82 Å². The van der Waals surface area contributed by atoms with Crippen molar-refractivity contribution in [2.45, 2.75) is 17.3 Å². The van der Waals surface area contributed by atoms with Gasteiger partial charge in [0.05, 0.1) is 19.8 Å². The van der Waals surface area contributed by atoms with Gasteiger partial charge in [-0.3, -0.25) is 0 Å². The molecule has 2 aromatic carbocycles. The van der Waals surface area contributed by atoms with Gasteiger partial charge in [0.2, 0.25) is 0 Å². The number of aromatic carboxylic acids is 1. The third-order valence-corrected chi connectivity index (χ3v) is 5.89. The first kappa shape index (κ1) is 23.7. The highest BCUT2D eigenvalue weighted by Crippen LogP contribution is 2.28. The van der Waals surface area contributed by atoms with Gasteiger partial charge in [-0.1, -0.05) is 41.6 Å². The van der Waals surface area contributed by atoms with E-state index in [0.717, 1.165) is 17.5 Å². The molecule has 168 valence electrons. The van der Waals surface area contributed by atoms with Gasteiger partial charge in [-0.15, -0.1) is 0 Å². The van der Waals surface area contributed by atoms with E-state index in [1.54, 1.807) is 38.5 Å². The molecule has 0 aliphatic carbocycles. The fourth-order valence-electron chi connectivity index (χ4n) is 3.04. The van der Waals surface area contributed by atoms with Gasteiger partial charge in [-0.25, -0.2) is 14.8 Å². The highest BCUT2D eigenvalue weighted by Gasteiger charge is 2.11. The number of nitrogens with zero attached hydrogens (tertiary/aromatic N) is 3. The van der Waals surface area contributed by atoms with Crippen LogP contribution in [0.2, 0.25) is 5.15 Å². The van der Waals surface area contributed by atoms with E-state index < -0.39 is 5.97 Å². The van der Waals surface area contributed by atoms with E-state index in [1.165, 1.54) is 11.8 Å². The van der Waals surface area contributed by atoms with Crippen LogP contribution >= 0.6 is 23.4 Å². The molecule has 0 radical (unpaired) electrons. The number of ether oxygens (including phenoxy) is 2. The number of methoxy groups -OCH3 is 2. The van der Waals surface area contributed by atoms with Crippen LogP contribution in [0.3, 0.4) is 0 Å². The third kappa shape index (κ3) is 6.27. The first-order valence-electron chi connectivity index (χ1n) is 9.81. The Kier molecular flexibility index (Phi) is 8.19. The van der Waals surface area contributed by atoms with E-state index in [9.17, 15) is 4.79 Å². The first-order valence-corrected chi connectivity index (χ1v) is 11.2. The molecule has 0 atom stereocenters. The van der Waals surface area contributed by atoms with Crippen molar-refractivity contribution in [1.29, 1.82) is 0 Å². The molecule has 9 heteroatoms. The fourth-order valence-corrected chi connectivity index (χ4v) is 4.06. The predicted molar refractivity (Wildman–Crippen MR) is 127 cm³/mol. The molecule has 0 bridgehead atoms. The number of anilines is 1. The third-order valence-electron chi connectivity index (χ3n) is 4.78. The monoisotopic (exact) mass is 473 g/mol. The van der Waals surface area contributed by atoms with Crippen LogP contribution in [0, 0.1) is 0 Å². The Bertz CT molecular complexity index is 1100. The Balaban J connectivity index is 1.65. The molecule has 1 N–H and O–H groups in total. The number of halogens is 1. The Morgan fingerprint density at radius 2 is 1.84 bits per heavy atom. The maximum atomic E-state index is 11.2. The zero-order chi connectivity index (χ0) is 23.1. The second kappa shape index (κ2) is 11.1. The topological polar surface area (TPSA) is 84.8 Å². The average Bonchev–Trinajstić information content (AvgIpc) is 2.80. The number of thioether (sulfide) groups is 1. The summed E-state index contributed by atoms with van der Waals surface area (Å²) in [5.74, 6) is 1.70.